The first-order valence-corrected chi connectivity index (χ1v) is 30.4. The molecule has 229 valence electrons. The SMILES string of the molecule is Cc1cc(-c2[c-]cccc2)nc[c]1[Ge]([CH3])([CH3])[CH3].[2H]C(C)(C)c1ccnc(-c2[c-]ccc3c2sc2ccc[c]([Ge]([CH3])([CH3])[CH3])c23)c1.[Ir]. The topological polar surface area (TPSA) is 25.8 Å². The van der Waals surface area contributed by atoms with Gasteiger partial charge in [-0.1, -0.05) is 0 Å². The molecule has 6 heteroatoms. The minimum Gasteiger partial charge on any atom is 0 e. The van der Waals surface area contributed by atoms with E-state index in [1.165, 1.54) is 30.1 Å². The predicted octanol–water partition coefficient (Wildman–Crippen LogP) is 9.99. The molecule has 0 aliphatic heterocycles. The number of pyridine rings is 2. The van der Waals surface area contributed by atoms with Crippen LogP contribution < -0.4 is 8.79 Å². The van der Waals surface area contributed by atoms with Crippen LogP contribution >= 0.6 is 11.3 Å². The molecule has 6 rings (SSSR count). The molecule has 0 amide bonds. The van der Waals surface area contributed by atoms with Gasteiger partial charge in [0.15, 0.2) is 0 Å². The van der Waals surface area contributed by atoms with Gasteiger partial charge in [-0.05, 0) is 0 Å². The van der Waals surface area contributed by atoms with E-state index in [9.17, 15) is 0 Å². The molecule has 3 aromatic heterocycles. The number of benzene rings is 3. The van der Waals surface area contributed by atoms with E-state index in [1.807, 2.05) is 67.8 Å². The maximum Gasteiger partial charge on any atom is 0 e. The largest absolute Gasteiger partial charge is 0 e. The Bertz CT molecular complexity index is 1930. The Kier molecular flexibility index (Phi) is 10.7. The van der Waals surface area contributed by atoms with Gasteiger partial charge < -0.3 is 0 Å². The first-order valence-electron chi connectivity index (χ1n) is 15.4. The third-order valence-electron chi connectivity index (χ3n) is 7.76. The van der Waals surface area contributed by atoms with Crippen LogP contribution in [0.1, 0.15) is 32.2 Å². The molecule has 44 heavy (non-hydrogen) atoms. The Morgan fingerprint density at radius 2 is 1.55 bits per heavy atom. The van der Waals surface area contributed by atoms with Gasteiger partial charge in [0.25, 0.3) is 0 Å². The average molecular weight is 897 g/mol. The van der Waals surface area contributed by atoms with Crippen LogP contribution in [0.5, 0.6) is 0 Å². The number of hydrogen-bond donors (Lipinski definition) is 0. The molecule has 0 saturated carbocycles. The molecule has 3 aromatic carbocycles. The molecular formula is C38H42Ge2IrN2S-2. The Morgan fingerprint density at radius 3 is 2.18 bits per heavy atom. The normalized spacial score (nSPS) is 12.3. The average Bonchev–Trinajstić information content (AvgIpc) is 3.35. The molecule has 0 bridgehead atoms. The van der Waals surface area contributed by atoms with Gasteiger partial charge >= 0.3 is 270 Å². The van der Waals surface area contributed by atoms with Crippen LogP contribution in [0.15, 0.2) is 85.2 Å². The van der Waals surface area contributed by atoms with Crippen LogP contribution in [0.2, 0.25) is 34.5 Å². The Labute approximate surface area is 288 Å². The molecular weight excluding hydrogens is 854 g/mol. The summed E-state index contributed by atoms with van der Waals surface area (Å²) in [5.41, 5.74) is 6.40. The van der Waals surface area contributed by atoms with Crippen LogP contribution in [0, 0.1) is 19.1 Å². The van der Waals surface area contributed by atoms with E-state index in [0.29, 0.717) is 0 Å². The second kappa shape index (κ2) is 14.1. The molecule has 0 atom stereocenters. The molecule has 0 unspecified atom stereocenters. The molecule has 0 aliphatic rings. The van der Waals surface area contributed by atoms with Crippen molar-refractivity contribution in [3.63, 3.8) is 0 Å². The van der Waals surface area contributed by atoms with Crippen molar-refractivity contribution in [3.05, 3.63) is 108 Å². The predicted molar refractivity (Wildman–Crippen MR) is 195 cm³/mol. The molecule has 0 saturated heterocycles. The van der Waals surface area contributed by atoms with E-state index in [0.717, 1.165) is 28.1 Å². The van der Waals surface area contributed by atoms with Crippen molar-refractivity contribution in [3.8, 4) is 22.5 Å². The van der Waals surface area contributed by atoms with E-state index in [4.69, 9.17) is 1.37 Å². The van der Waals surface area contributed by atoms with Crippen molar-refractivity contribution in [2.45, 2.75) is 61.2 Å². The van der Waals surface area contributed by atoms with Crippen molar-refractivity contribution in [1.82, 2.24) is 9.97 Å². The zero-order chi connectivity index (χ0) is 31.9. The summed E-state index contributed by atoms with van der Waals surface area (Å²) in [6.07, 6.45) is 3.89. The van der Waals surface area contributed by atoms with Gasteiger partial charge in [0.1, 0.15) is 0 Å². The number of rotatable bonds is 5. The van der Waals surface area contributed by atoms with E-state index in [-0.39, 0.29) is 20.1 Å². The second-order valence-electron chi connectivity index (χ2n) is 13.5. The van der Waals surface area contributed by atoms with E-state index < -0.39 is 32.4 Å². The molecule has 0 N–H and O–H groups in total. The summed E-state index contributed by atoms with van der Waals surface area (Å²) in [4.78, 5) is 9.21. The fraction of sp³-hybridized carbons (Fsp3) is 0.263. The van der Waals surface area contributed by atoms with Crippen LogP contribution in [0.4, 0.5) is 0 Å². The number of aromatic nitrogens is 2. The quantitative estimate of drug-likeness (QED) is 0.127. The fourth-order valence-electron chi connectivity index (χ4n) is 5.53. The molecule has 0 aliphatic carbocycles. The molecule has 2 nitrogen and oxygen atoms in total. The maximum absolute atomic E-state index is 8.35. The van der Waals surface area contributed by atoms with Crippen molar-refractivity contribution in [1.29, 1.82) is 0 Å². The van der Waals surface area contributed by atoms with E-state index in [1.54, 1.807) is 4.40 Å². The third kappa shape index (κ3) is 7.65. The van der Waals surface area contributed by atoms with Crippen LogP contribution in [-0.2, 0) is 20.1 Å². The van der Waals surface area contributed by atoms with E-state index in [2.05, 4.69) is 106 Å². The van der Waals surface area contributed by atoms with Gasteiger partial charge in [0, 0.05) is 20.1 Å². The molecule has 0 spiro atoms. The smallest absolute Gasteiger partial charge is 0 e. The van der Waals surface area contributed by atoms with Crippen LogP contribution in [0.3, 0.4) is 0 Å². The minimum atomic E-state index is -1.99. The fourth-order valence-corrected chi connectivity index (χ4v) is 13.9. The van der Waals surface area contributed by atoms with Crippen molar-refractivity contribution >= 4 is 66.8 Å². The Balaban J connectivity index is 0.000000222. The summed E-state index contributed by atoms with van der Waals surface area (Å²) in [6, 6.07) is 31.8. The number of nitrogens with zero attached hydrogens (tertiary/aromatic N) is 2. The maximum atomic E-state index is 8.35. The number of fused-ring (bicyclic) bond motifs is 3. The summed E-state index contributed by atoms with van der Waals surface area (Å²) in [7, 11) is 0. The van der Waals surface area contributed by atoms with Gasteiger partial charge in [-0.25, -0.2) is 0 Å². The number of hydrogen-bond acceptors (Lipinski definition) is 3. The van der Waals surface area contributed by atoms with Crippen molar-refractivity contribution < 1.29 is 21.5 Å². The van der Waals surface area contributed by atoms with Crippen molar-refractivity contribution in [2.24, 2.45) is 0 Å². The summed E-state index contributed by atoms with van der Waals surface area (Å²) in [6.45, 7) is 6.02. The van der Waals surface area contributed by atoms with Gasteiger partial charge in [-0.15, -0.1) is 0 Å². The Morgan fingerprint density at radius 1 is 0.795 bits per heavy atom. The summed E-state index contributed by atoms with van der Waals surface area (Å²) < 4.78 is 14.0. The number of aryl methyl sites for hydroxylation is 1. The molecule has 3 heterocycles. The summed E-state index contributed by atoms with van der Waals surface area (Å²) in [5.74, 6) is 13.9. The third-order valence-corrected chi connectivity index (χ3v) is 17.7. The zero-order valence-corrected chi connectivity index (χ0v) is 34.6. The number of thiophene rings is 1. The Hall–Kier alpha value is -2.08. The van der Waals surface area contributed by atoms with E-state index >= 15 is 0 Å². The first-order chi connectivity index (χ1) is 20.6. The van der Waals surface area contributed by atoms with Gasteiger partial charge in [0.05, 0.1) is 0 Å². The molecule has 0 fully saturated rings. The van der Waals surface area contributed by atoms with Crippen LogP contribution in [0.25, 0.3) is 42.7 Å². The minimum absolute atomic E-state index is 0. The standard InChI is InChI=1S/C23H24GeNS.C15H18GeN.Ir/c1-15(2)16-12-13-25-20(14-16)17-8-6-9-18-22-19(24(3,4)5)10-7-11-21(22)26-23(17)18;1-12-10-15(13-8-6-5-7-9-13)17-11-14(12)16(2,3)4;/h6-7,9-15H,1-5H3;5-8,10-11H,1-4H3;/q2*-1;/i15D;;. The molecule has 1 radical (unpaired) electrons. The second-order valence-corrected chi connectivity index (χ2v) is 35.7. The monoisotopic (exact) mass is 900 g/mol. The molecule has 6 aromatic rings. The van der Waals surface area contributed by atoms with Crippen LogP contribution in [-0.4, -0.2) is 36.5 Å². The van der Waals surface area contributed by atoms with Gasteiger partial charge in [-0.2, -0.15) is 0 Å². The van der Waals surface area contributed by atoms with Crippen molar-refractivity contribution in [2.75, 3.05) is 0 Å². The summed E-state index contributed by atoms with van der Waals surface area (Å²) >= 11 is -1.93. The first kappa shape index (κ1) is 33.3. The van der Waals surface area contributed by atoms with Gasteiger partial charge in [0.2, 0.25) is 0 Å². The zero-order valence-electron chi connectivity index (χ0n) is 28.2. The summed E-state index contributed by atoms with van der Waals surface area (Å²) in [5, 5.41) is 2.74. The van der Waals surface area contributed by atoms with Gasteiger partial charge in [-0.3, -0.25) is 0 Å².